The lowest BCUT2D eigenvalue weighted by molar-refractivity contribution is -0.140. The minimum absolute atomic E-state index is 0.0819. The molecule has 0 aromatic carbocycles. The standard InChI is InChI=1S/C15H26N4O2/c1-4-6-7-16-15-18-9-12(10-19-15)8-17-13(14(20)21)11(3)5-2/h9-11,13,17H,4-8H2,1-3H3,(H,20,21)(H,16,18,19)/t11-,13-/m1/s1. The summed E-state index contributed by atoms with van der Waals surface area (Å²) in [5.41, 5.74) is 0.880. The molecule has 0 spiro atoms. The number of aromatic nitrogens is 2. The highest BCUT2D eigenvalue weighted by Crippen LogP contribution is 2.09. The molecule has 0 unspecified atom stereocenters. The average molecular weight is 294 g/mol. The summed E-state index contributed by atoms with van der Waals surface area (Å²) in [6.45, 7) is 7.37. The number of nitrogens with one attached hydrogen (secondary N) is 2. The zero-order valence-electron chi connectivity index (χ0n) is 13.1. The number of carbonyl (C=O) groups is 1. The number of carboxylic acid groups (broad SMARTS) is 1. The molecule has 0 radical (unpaired) electrons. The number of unbranched alkanes of at least 4 members (excludes halogenated alkanes) is 1. The Hall–Kier alpha value is -1.69. The van der Waals surface area contributed by atoms with Crippen LogP contribution < -0.4 is 10.6 Å². The highest BCUT2D eigenvalue weighted by molar-refractivity contribution is 5.73. The molecule has 0 fully saturated rings. The molecule has 21 heavy (non-hydrogen) atoms. The second kappa shape index (κ2) is 9.28. The van der Waals surface area contributed by atoms with Crippen molar-refractivity contribution in [2.45, 2.75) is 52.6 Å². The van der Waals surface area contributed by atoms with Crippen molar-refractivity contribution >= 4 is 11.9 Å². The smallest absolute Gasteiger partial charge is 0.320 e. The van der Waals surface area contributed by atoms with Gasteiger partial charge in [0.15, 0.2) is 0 Å². The van der Waals surface area contributed by atoms with Gasteiger partial charge in [-0.2, -0.15) is 0 Å². The van der Waals surface area contributed by atoms with Crippen LogP contribution in [-0.4, -0.2) is 33.6 Å². The zero-order valence-corrected chi connectivity index (χ0v) is 13.1. The molecule has 0 aliphatic rings. The molecule has 0 bridgehead atoms. The molecule has 0 aliphatic heterocycles. The molecular weight excluding hydrogens is 268 g/mol. The molecule has 1 rings (SSSR count). The van der Waals surface area contributed by atoms with Crippen LogP contribution in [0.25, 0.3) is 0 Å². The predicted molar refractivity (Wildman–Crippen MR) is 83.1 cm³/mol. The fraction of sp³-hybridized carbons (Fsp3) is 0.667. The molecule has 2 atom stereocenters. The van der Waals surface area contributed by atoms with Gasteiger partial charge in [0.2, 0.25) is 5.95 Å². The first-order valence-electron chi connectivity index (χ1n) is 7.59. The Morgan fingerprint density at radius 3 is 2.52 bits per heavy atom. The van der Waals surface area contributed by atoms with Crippen molar-refractivity contribution in [1.29, 1.82) is 0 Å². The number of carboxylic acids is 1. The first kappa shape index (κ1) is 17.4. The van der Waals surface area contributed by atoms with Crippen LogP contribution in [0.3, 0.4) is 0 Å². The van der Waals surface area contributed by atoms with Gasteiger partial charge in [0.05, 0.1) is 0 Å². The third-order valence-corrected chi connectivity index (χ3v) is 3.52. The van der Waals surface area contributed by atoms with Crippen molar-refractivity contribution in [3.63, 3.8) is 0 Å². The summed E-state index contributed by atoms with van der Waals surface area (Å²) in [5, 5.41) is 15.4. The highest BCUT2D eigenvalue weighted by Gasteiger charge is 2.22. The number of anilines is 1. The normalized spacial score (nSPS) is 13.7. The van der Waals surface area contributed by atoms with Gasteiger partial charge >= 0.3 is 5.97 Å². The average Bonchev–Trinajstić information content (AvgIpc) is 2.48. The van der Waals surface area contributed by atoms with E-state index in [-0.39, 0.29) is 5.92 Å². The Morgan fingerprint density at radius 1 is 1.33 bits per heavy atom. The van der Waals surface area contributed by atoms with Crippen LogP contribution in [0.15, 0.2) is 12.4 Å². The summed E-state index contributed by atoms with van der Waals surface area (Å²) in [6, 6.07) is -0.544. The third-order valence-electron chi connectivity index (χ3n) is 3.52. The monoisotopic (exact) mass is 294 g/mol. The molecule has 118 valence electrons. The van der Waals surface area contributed by atoms with Crippen LogP contribution in [0.2, 0.25) is 0 Å². The molecule has 0 saturated carbocycles. The van der Waals surface area contributed by atoms with E-state index in [1.807, 2.05) is 13.8 Å². The minimum Gasteiger partial charge on any atom is -0.480 e. The molecule has 1 aromatic rings. The van der Waals surface area contributed by atoms with Gasteiger partial charge in [-0.05, 0) is 12.3 Å². The van der Waals surface area contributed by atoms with Gasteiger partial charge in [-0.25, -0.2) is 9.97 Å². The third kappa shape index (κ3) is 6.08. The van der Waals surface area contributed by atoms with Crippen molar-refractivity contribution < 1.29 is 9.90 Å². The van der Waals surface area contributed by atoms with Crippen molar-refractivity contribution in [2.24, 2.45) is 5.92 Å². The molecule has 1 heterocycles. The molecule has 3 N–H and O–H groups in total. The van der Waals surface area contributed by atoms with Crippen LogP contribution in [0.4, 0.5) is 5.95 Å². The first-order valence-corrected chi connectivity index (χ1v) is 7.59. The fourth-order valence-corrected chi connectivity index (χ4v) is 1.91. The Balaban J connectivity index is 2.49. The number of hydrogen-bond donors (Lipinski definition) is 3. The summed E-state index contributed by atoms with van der Waals surface area (Å²) in [7, 11) is 0. The maximum Gasteiger partial charge on any atom is 0.320 e. The van der Waals surface area contributed by atoms with Crippen LogP contribution >= 0.6 is 0 Å². The van der Waals surface area contributed by atoms with E-state index in [4.69, 9.17) is 0 Å². The van der Waals surface area contributed by atoms with Crippen LogP contribution in [-0.2, 0) is 11.3 Å². The van der Waals surface area contributed by atoms with E-state index in [0.29, 0.717) is 12.5 Å². The SMILES string of the molecule is CCCCNc1ncc(CN[C@@H](C(=O)O)[C@H](C)CC)cn1. The number of hydrogen-bond acceptors (Lipinski definition) is 5. The number of rotatable bonds is 10. The second-order valence-electron chi connectivity index (χ2n) is 5.28. The minimum atomic E-state index is -0.817. The number of aliphatic carboxylic acids is 1. The van der Waals surface area contributed by atoms with Crippen molar-refractivity contribution in [1.82, 2.24) is 15.3 Å². The topological polar surface area (TPSA) is 87.1 Å². The lowest BCUT2D eigenvalue weighted by Crippen LogP contribution is -2.41. The van der Waals surface area contributed by atoms with Crippen molar-refractivity contribution in [3.05, 3.63) is 18.0 Å². The largest absolute Gasteiger partial charge is 0.480 e. The quantitative estimate of drug-likeness (QED) is 0.574. The maximum atomic E-state index is 11.2. The molecule has 0 saturated heterocycles. The number of nitrogens with zero attached hydrogens (tertiary/aromatic N) is 2. The first-order chi connectivity index (χ1) is 10.1. The van der Waals surface area contributed by atoms with Crippen LogP contribution in [0.1, 0.15) is 45.6 Å². The van der Waals surface area contributed by atoms with Gasteiger partial charge in [0.25, 0.3) is 0 Å². The van der Waals surface area contributed by atoms with Crippen LogP contribution in [0, 0.1) is 5.92 Å². The van der Waals surface area contributed by atoms with Crippen molar-refractivity contribution in [2.75, 3.05) is 11.9 Å². The summed E-state index contributed by atoms with van der Waals surface area (Å²) >= 11 is 0. The van der Waals surface area contributed by atoms with E-state index >= 15 is 0 Å². The summed E-state index contributed by atoms with van der Waals surface area (Å²) < 4.78 is 0. The molecule has 0 amide bonds. The van der Waals surface area contributed by atoms with E-state index in [1.165, 1.54) is 0 Å². The van der Waals surface area contributed by atoms with Gasteiger partial charge in [0.1, 0.15) is 6.04 Å². The lowest BCUT2D eigenvalue weighted by atomic mass is 9.99. The van der Waals surface area contributed by atoms with Gasteiger partial charge in [0, 0.05) is 31.0 Å². The zero-order chi connectivity index (χ0) is 15.7. The fourth-order valence-electron chi connectivity index (χ4n) is 1.91. The summed E-state index contributed by atoms with van der Waals surface area (Å²) in [6.07, 6.45) is 6.48. The Kier molecular flexibility index (Phi) is 7.68. The Morgan fingerprint density at radius 2 is 2.00 bits per heavy atom. The molecule has 6 nitrogen and oxygen atoms in total. The summed E-state index contributed by atoms with van der Waals surface area (Å²) in [4.78, 5) is 19.7. The Labute approximate surface area is 126 Å². The van der Waals surface area contributed by atoms with Gasteiger partial charge in [-0.3, -0.25) is 10.1 Å². The molecule has 0 aliphatic carbocycles. The van der Waals surface area contributed by atoms with Crippen LogP contribution in [0.5, 0.6) is 0 Å². The predicted octanol–water partition coefficient (Wildman–Crippen LogP) is 2.28. The van der Waals surface area contributed by atoms with E-state index in [0.717, 1.165) is 31.4 Å². The van der Waals surface area contributed by atoms with E-state index in [1.54, 1.807) is 12.4 Å². The van der Waals surface area contributed by atoms with E-state index in [9.17, 15) is 9.90 Å². The van der Waals surface area contributed by atoms with Gasteiger partial charge in [-0.1, -0.05) is 33.6 Å². The van der Waals surface area contributed by atoms with Gasteiger partial charge < -0.3 is 10.4 Å². The summed E-state index contributed by atoms with van der Waals surface area (Å²) in [5.74, 6) is -0.120. The maximum absolute atomic E-state index is 11.2. The highest BCUT2D eigenvalue weighted by atomic mass is 16.4. The molecule has 1 aromatic heterocycles. The van der Waals surface area contributed by atoms with Gasteiger partial charge in [-0.15, -0.1) is 0 Å². The Bertz CT molecular complexity index is 422. The molecular formula is C15H26N4O2. The van der Waals surface area contributed by atoms with Crippen molar-refractivity contribution in [3.8, 4) is 0 Å². The molecule has 6 heteroatoms. The van der Waals surface area contributed by atoms with E-state index < -0.39 is 12.0 Å². The second-order valence-corrected chi connectivity index (χ2v) is 5.28. The van der Waals surface area contributed by atoms with E-state index in [2.05, 4.69) is 27.5 Å². The lowest BCUT2D eigenvalue weighted by Gasteiger charge is -2.20.